The van der Waals surface area contributed by atoms with Crippen molar-refractivity contribution in [2.24, 2.45) is 0 Å². The maximum atomic E-state index is 12.3. The van der Waals surface area contributed by atoms with Crippen molar-refractivity contribution in [3.8, 4) is 5.75 Å². The number of benzene rings is 1. The summed E-state index contributed by atoms with van der Waals surface area (Å²) in [7, 11) is 5.84. The molecule has 1 aromatic heterocycles. The van der Waals surface area contributed by atoms with Crippen molar-refractivity contribution in [3.63, 3.8) is 0 Å². The van der Waals surface area contributed by atoms with Crippen molar-refractivity contribution in [1.29, 1.82) is 0 Å². The molecule has 152 valence electrons. The molecular weight excluding hydrogens is 371 g/mol. The predicted molar refractivity (Wildman–Crippen MR) is 102 cm³/mol. The van der Waals surface area contributed by atoms with Crippen LogP contribution in [0.25, 0.3) is 0 Å². The normalized spacial score (nSPS) is 17.6. The SMILES string of the molecule is CN(C)c1nccc(N(C)C2CCN(Cc3ccc(OC(F)(F)F)cc3)C2)n1. The average Bonchev–Trinajstić information content (AvgIpc) is 3.10. The molecular formula is C19H24F3N5O. The first-order valence-electron chi connectivity index (χ1n) is 9.01. The monoisotopic (exact) mass is 395 g/mol. The van der Waals surface area contributed by atoms with Crippen molar-refractivity contribution in [1.82, 2.24) is 14.9 Å². The van der Waals surface area contributed by atoms with Gasteiger partial charge in [-0.05, 0) is 30.2 Å². The Morgan fingerprint density at radius 2 is 1.86 bits per heavy atom. The molecule has 0 aliphatic carbocycles. The van der Waals surface area contributed by atoms with Gasteiger partial charge in [0.25, 0.3) is 0 Å². The zero-order valence-electron chi connectivity index (χ0n) is 16.1. The van der Waals surface area contributed by atoms with E-state index in [-0.39, 0.29) is 5.75 Å². The number of hydrogen-bond acceptors (Lipinski definition) is 6. The lowest BCUT2D eigenvalue weighted by Gasteiger charge is -2.26. The van der Waals surface area contributed by atoms with Crippen LogP contribution in [0.5, 0.6) is 5.75 Å². The third-order valence-electron chi connectivity index (χ3n) is 4.75. The summed E-state index contributed by atoms with van der Waals surface area (Å²) in [6.07, 6.45) is -1.92. The molecule has 0 spiro atoms. The van der Waals surface area contributed by atoms with E-state index in [1.165, 1.54) is 12.1 Å². The van der Waals surface area contributed by atoms with E-state index in [1.54, 1.807) is 18.3 Å². The van der Waals surface area contributed by atoms with Gasteiger partial charge in [-0.25, -0.2) is 4.98 Å². The lowest BCUT2D eigenvalue weighted by Crippen LogP contribution is -2.35. The first-order chi connectivity index (χ1) is 13.2. The maximum absolute atomic E-state index is 12.3. The fourth-order valence-corrected chi connectivity index (χ4v) is 3.26. The summed E-state index contributed by atoms with van der Waals surface area (Å²) in [6, 6.07) is 8.27. The highest BCUT2D eigenvalue weighted by molar-refractivity contribution is 5.43. The Morgan fingerprint density at radius 3 is 2.50 bits per heavy atom. The van der Waals surface area contributed by atoms with Crippen LogP contribution < -0.4 is 14.5 Å². The number of hydrogen-bond donors (Lipinski definition) is 0. The Hall–Kier alpha value is -2.55. The Labute approximate surface area is 162 Å². The van der Waals surface area contributed by atoms with Gasteiger partial charge in [0.15, 0.2) is 0 Å². The topological polar surface area (TPSA) is 44.7 Å². The summed E-state index contributed by atoms with van der Waals surface area (Å²) < 4.78 is 40.7. The Balaban J connectivity index is 1.57. The number of alkyl halides is 3. The number of ether oxygens (including phenoxy) is 1. The Bertz CT molecular complexity index is 782. The van der Waals surface area contributed by atoms with Gasteiger partial charge in [-0.2, -0.15) is 4.98 Å². The molecule has 1 fully saturated rings. The van der Waals surface area contributed by atoms with Gasteiger partial charge in [0.2, 0.25) is 5.95 Å². The van der Waals surface area contributed by atoms with Crippen molar-refractivity contribution in [2.75, 3.05) is 44.0 Å². The van der Waals surface area contributed by atoms with Crippen molar-refractivity contribution in [3.05, 3.63) is 42.1 Å². The van der Waals surface area contributed by atoms with E-state index in [2.05, 4.69) is 24.5 Å². The van der Waals surface area contributed by atoms with Gasteiger partial charge in [0.05, 0.1) is 0 Å². The van der Waals surface area contributed by atoms with Crippen LogP contribution in [0.15, 0.2) is 36.5 Å². The quantitative estimate of drug-likeness (QED) is 0.749. The smallest absolute Gasteiger partial charge is 0.406 e. The van der Waals surface area contributed by atoms with E-state index >= 15 is 0 Å². The van der Waals surface area contributed by atoms with Crippen molar-refractivity contribution in [2.45, 2.75) is 25.4 Å². The summed E-state index contributed by atoms with van der Waals surface area (Å²) in [6.45, 7) is 2.46. The molecule has 0 N–H and O–H groups in total. The molecule has 0 saturated carbocycles. The third-order valence-corrected chi connectivity index (χ3v) is 4.75. The maximum Gasteiger partial charge on any atom is 0.573 e. The molecule has 6 nitrogen and oxygen atoms in total. The standard InChI is InChI=1S/C19H24F3N5O/c1-25(2)18-23-10-8-17(24-18)26(3)15-9-11-27(13-15)12-14-4-6-16(7-5-14)28-19(20,21)22/h4-8,10,15H,9,11-13H2,1-3H3. The van der Waals surface area contributed by atoms with E-state index < -0.39 is 6.36 Å². The Kier molecular flexibility index (Phi) is 5.93. The molecule has 1 aliphatic heterocycles. The number of anilines is 2. The molecule has 1 unspecified atom stereocenters. The van der Waals surface area contributed by atoms with Gasteiger partial charge in [-0.1, -0.05) is 12.1 Å². The van der Waals surface area contributed by atoms with Crippen molar-refractivity contribution < 1.29 is 17.9 Å². The molecule has 1 aromatic carbocycles. The minimum absolute atomic E-state index is 0.198. The van der Waals surface area contributed by atoms with E-state index in [0.717, 1.165) is 30.9 Å². The first-order valence-corrected chi connectivity index (χ1v) is 9.01. The molecule has 0 bridgehead atoms. The third kappa shape index (κ3) is 5.25. The molecule has 9 heteroatoms. The summed E-state index contributed by atoms with van der Waals surface area (Å²) >= 11 is 0. The van der Waals surface area contributed by atoms with E-state index in [4.69, 9.17) is 0 Å². The van der Waals surface area contributed by atoms with Gasteiger partial charge < -0.3 is 14.5 Å². The van der Waals surface area contributed by atoms with Gasteiger partial charge in [0.1, 0.15) is 11.6 Å². The number of halogens is 3. The lowest BCUT2D eigenvalue weighted by atomic mass is 10.2. The van der Waals surface area contributed by atoms with Crippen LogP contribution >= 0.6 is 0 Å². The summed E-state index contributed by atoms with van der Waals surface area (Å²) in [5.74, 6) is 1.34. The number of aromatic nitrogens is 2. The number of likely N-dealkylation sites (N-methyl/N-ethyl adjacent to an activating group) is 1. The second kappa shape index (κ2) is 8.22. The number of nitrogens with zero attached hydrogens (tertiary/aromatic N) is 5. The first kappa shape index (κ1) is 20.2. The van der Waals surface area contributed by atoms with Gasteiger partial charge in [-0.15, -0.1) is 13.2 Å². The average molecular weight is 395 g/mol. The largest absolute Gasteiger partial charge is 0.573 e. The highest BCUT2D eigenvalue weighted by Crippen LogP contribution is 2.25. The van der Waals surface area contributed by atoms with Crippen LogP contribution in [0.3, 0.4) is 0 Å². The summed E-state index contributed by atoms with van der Waals surface area (Å²) in [5, 5.41) is 0. The lowest BCUT2D eigenvalue weighted by molar-refractivity contribution is -0.274. The van der Waals surface area contributed by atoms with Crippen molar-refractivity contribution >= 4 is 11.8 Å². The van der Waals surface area contributed by atoms with Crippen LogP contribution in [0.1, 0.15) is 12.0 Å². The van der Waals surface area contributed by atoms with Crippen LogP contribution in [0.4, 0.5) is 24.9 Å². The van der Waals surface area contributed by atoms with E-state index in [9.17, 15) is 13.2 Å². The molecule has 0 amide bonds. The van der Waals surface area contributed by atoms with Gasteiger partial charge in [-0.3, -0.25) is 4.90 Å². The molecule has 2 aromatic rings. The van der Waals surface area contributed by atoms with Crippen LogP contribution in [0, 0.1) is 0 Å². The fraction of sp³-hybridized carbons (Fsp3) is 0.474. The van der Waals surface area contributed by atoms with Crippen LogP contribution in [-0.4, -0.2) is 61.5 Å². The zero-order chi connectivity index (χ0) is 20.3. The highest BCUT2D eigenvalue weighted by atomic mass is 19.4. The minimum atomic E-state index is -4.66. The molecule has 0 radical (unpaired) electrons. The second-order valence-electron chi connectivity index (χ2n) is 7.09. The predicted octanol–water partition coefficient (Wildman–Crippen LogP) is 3.15. The Morgan fingerprint density at radius 1 is 1.14 bits per heavy atom. The number of likely N-dealkylation sites (tertiary alicyclic amines) is 1. The van der Waals surface area contributed by atoms with Crippen LogP contribution in [0.2, 0.25) is 0 Å². The summed E-state index contributed by atoms with van der Waals surface area (Å²) in [5.41, 5.74) is 0.953. The molecule has 1 aliphatic rings. The molecule has 1 atom stereocenters. The fourth-order valence-electron chi connectivity index (χ4n) is 3.26. The molecule has 28 heavy (non-hydrogen) atoms. The zero-order valence-corrected chi connectivity index (χ0v) is 16.1. The summed E-state index contributed by atoms with van der Waals surface area (Å²) in [4.78, 5) is 15.1. The molecule has 3 rings (SSSR count). The molecule has 1 saturated heterocycles. The minimum Gasteiger partial charge on any atom is -0.406 e. The second-order valence-corrected chi connectivity index (χ2v) is 7.09. The highest BCUT2D eigenvalue weighted by Gasteiger charge is 2.31. The number of rotatable bonds is 6. The van der Waals surface area contributed by atoms with E-state index in [0.29, 0.717) is 18.5 Å². The van der Waals surface area contributed by atoms with E-state index in [1.807, 2.05) is 32.1 Å². The van der Waals surface area contributed by atoms with Gasteiger partial charge in [0, 0.05) is 53.0 Å². The molecule has 2 heterocycles. The van der Waals surface area contributed by atoms with Crippen LogP contribution in [-0.2, 0) is 6.54 Å². The van der Waals surface area contributed by atoms with Gasteiger partial charge >= 0.3 is 6.36 Å².